The number of carbonyl (C=O) groups is 1. The van der Waals surface area contributed by atoms with E-state index < -0.39 is 0 Å². The Balaban J connectivity index is 1.72. The van der Waals surface area contributed by atoms with Crippen molar-refractivity contribution in [2.24, 2.45) is 0 Å². The van der Waals surface area contributed by atoms with Crippen LogP contribution >= 0.6 is 11.8 Å². The van der Waals surface area contributed by atoms with E-state index in [-0.39, 0.29) is 5.91 Å². The van der Waals surface area contributed by atoms with Crippen LogP contribution in [0.25, 0.3) is 0 Å². The summed E-state index contributed by atoms with van der Waals surface area (Å²) in [6.07, 6.45) is 0. The molecular weight excluding hydrogens is 320 g/mol. The van der Waals surface area contributed by atoms with Crippen molar-refractivity contribution in [1.82, 2.24) is 0 Å². The third kappa shape index (κ3) is 3.85. The number of anilines is 2. The van der Waals surface area contributed by atoms with Crippen LogP contribution in [0.5, 0.6) is 5.75 Å². The molecule has 1 heterocycles. The van der Waals surface area contributed by atoms with Crippen LogP contribution in [0.4, 0.5) is 11.4 Å². The normalized spacial score (nSPS) is 16.4. The zero-order chi connectivity index (χ0) is 16.9. The van der Waals surface area contributed by atoms with Crippen molar-refractivity contribution in [1.29, 1.82) is 0 Å². The van der Waals surface area contributed by atoms with Crippen molar-refractivity contribution in [3.8, 4) is 5.75 Å². The highest BCUT2D eigenvalue weighted by atomic mass is 32.2. The molecule has 2 aromatic carbocycles. The molecule has 4 nitrogen and oxygen atoms in total. The zero-order valence-corrected chi connectivity index (χ0v) is 14.8. The molecule has 0 unspecified atom stereocenters. The Labute approximate surface area is 147 Å². The number of fused-ring (bicyclic) bond motifs is 1. The quantitative estimate of drug-likeness (QED) is 0.891. The van der Waals surface area contributed by atoms with Gasteiger partial charge in [-0.3, -0.25) is 4.79 Å². The number of thioether (sulfide) groups is 1. The molecule has 0 aromatic heterocycles. The third-order valence-corrected chi connectivity index (χ3v) is 4.96. The summed E-state index contributed by atoms with van der Waals surface area (Å²) < 4.78 is 5.57. The summed E-state index contributed by atoms with van der Waals surface area (Å²) in [5.74, 6) is 0.673. The highest BCUT2D eigenvalue weighted by Crippen LogP contribution is 2.37. The van der Waals surface area contributed by atoms with E-state index in [1.165, 1.54) is 4.90 Å². The summed E-state index contributed by atoms with van der Waals surface area (Å²) in [6, 6.07) is 15.8. The lowest BCUT2D eigenvalue weighted by atomic mass is 10.2. The molecule has 1 aliphatic rings. The smallest absolute Gasteiger partial charge is 0.243 e. The second kappa shape index (κ2) is 7.62. The first-order valence-electron chi connectivity index (χ1n) is 8.19. The van der Waals surface area contributed by atoms with Gasteiger partial charge in [0.2, 0.25) is 5.91 Å². The Morgan fingerprint density at radius 2 is 2.00 bits per heavy atom. The van der Waals surface area contributed by atoms with E-state index in [2.05, 4.69) is 29.3 Å². The highest BCUT2D eigenvalue weighted by Gasteiger charge is 2.23. The van der Waals surface area contributed by atoms with Crippen LogP contribution < -0.4 is 15.0 Å². The minimum Gasteiger partial charge on any atom is -0.492 e. The van der Waals surface area contributed by atoms with E-state index in [0.717, 1.165) is 17.9 Å². The van der Waals surface area contributed by atoms with Gasteiger partial charge in [-0.1, -0.05) is 31.2 Å². The van der Waals surface area contributed by atoms with Gasteiger partial charge in [0.05, 0.1) is 24.5 Å². The average Bonchev–Trinajstić information content (AvgIpc) is 2.56. The molecule has 5 heteroatoms. The summed E-state index contributed by atoms with van der Waals surface area (Å²) in [6.45, 7) is 5.89. The molecule has 1 N–H and O–H groups in total. The molecule has 0 bridgehead atoms. The number of carbonyl (C=O) groups excluding carboxylic acids is 1. The summed E-state index contributed by atoms with van der Waals surface area (Å²) in [5.41, 5.74) is 1.85. The molecule has 1 atom stereocenters. The van der Waals surface area contributed by atoms with E-state index in [9.17, 15) is 4.79 Å². The maximum absolute atomic E-state index is 12.5. The fourth-order valence-corrected chi connectivity index (χ4v) is 4.01. The van der Waals surface area contributed by atoms with Gasteiger partial charge >= 0.3 is 0 Å². The van der Waals surface area contributed by atoms with Crippen LogP contribution in [-0.2, 0) is 4.79 Å². The molecule has 126 valence electrons. The molecule has 0 aliphatic carbocycles. The Kier molecular flexibility index (Phi) is 5.30. The Morgan fingerprint density at radius 1 is 1.25 bits per heavy atom. The second-order valence-corrected chi connectivity index (χ2v) is 7.23. The monoisotopic (exact) mass is 342 g/mol. The topological polar surface area (TPSA) is 41.6 Å². The maximum Gasteiger partial charge on any atom is 0.243 e. The lowest BCUT2D eigenvalue weighted by Crippen LogP contribution is -2.39. The fraction of sp³-hybridized carbons (Fsp3) is 0.316. The van der Waals surface area contributed by atoms with Gasteiger partial charge in [-0.2, -0.15) is 0 Å². The molecule has 0 radical (unpaired) electrons. The minimum absolute atomic E-state index is 0.0314. The molecule has 1 amide bonds. The van der Waals surface area contributed by atoms with E-state index in [1.54, 1.807) is 0 Å². The number of hydrogen-bond donors (Lipinski definition) is 1. The minimum atomic E-state index is -0.0314. The second-order valence-electron chi connectivity index (χ2n) is 5.75. The van der Waals surface area contributed by atoms with Gasteiger partial charge in [0.15, 0.2) is 0 Å². The van der Waals surface area contributed by atoms with Crippen LogP contribution in [0.15, 0.2) is 53.4 Å². The van der Waals surface area contributed by atoms with Gasteiger partial charge in [0.1, 0.15) is 5.75 Å². The molecule has 0 saturated heterocycles. The van der Waals surface area contributed by atoms with Crippen LogP contribution in [0, 0.1) is 0 Å². The average molecular weight is 342 g/mol. The predicted octanol–water partition coefficient (Wildman–Crippen LogP) is 4.02. The lowest BCUT2D eigenvalue weighted by Gasteiger charge is -2.33. The van der Waals surface area contributed by atoms with E-state index in [0.29, 0.717) is 24.2 Å². The maximum atomic E-state index is 12.5. The van der Waals surface area contributed by atoms with E-state index in [1.807, 2.05) is 55.1 Å². The first kappa shape index (κ1) is 16.7. The summed E-state index contributed by atoms with van der Waals surface area (Å²) in [4.78, 5) is 15.9. The number of amides is 1. The van der Waals surface area contributed by atoms with Gasteiger partial charge in [-0.05, 0) is 31.2 Å². The first-order chi connectivity index (χ1) is 11.7. The van der Waals surface area contributed by atoms with Crippen LogP contribution in [0.3, 0.4) is 0 Å². The predicted molar refractivity (Wildman–Crippen MR) is 100 cm³/mol. The van der Waals surface area contributed by atoms with Gasteiger partial charge < -0.3 is 15.0 Å². The SMILES string of the molecule is CCOc1ccccc1NC(=O)CN1C[C@@H](C)Sc2ccccc21. The molecule has 3 rings (SSSR count). The number of para-hydroxylation sites is 3. The van der Waals surface area contributed by atoms with Gasteiger partial charge in [-0.25, -0.2) is 0 Å². The van der Waals surface area contributed by atoms with Gasteiger partial charge in [0, 0.05) is 16.7 Å². The number of nitrogens with one attached hydrogen (secondary N) is 1. The van der Waals surface area contributed by atoms with Crippen molar-refractivity contribution in [3.63, 3.8) is 0 Å². The Bertz CT molecular complexity index is 720. The summed E-state index contributed by atoms with van der Waals surface area (Å²) in [5, 5.41) is 3.44. The Morgan fingerprint density at radius 3 is 2.83 bits per heavy atom. The molecule has 0 saturated carbocycles. The van der Waals surface area contributed by atoms with Crippen molar-refractivity contribution in [2.75, 3.05) is 29.9 Å². The fourth-order valence-electron chi connectivity index (χ4n) is 2.84. The number of rotatable bonds is 5. The van der Waals surface area contributed by atoms with Gasteiger partial charge in [-0.15, -0.1) is 11.8 Å². The number of hydrogen-bond acceptors (Lipinski definition) is 4. The van der Waals surface area contributed by atoms with Crippen LogP contribution in [0.2, 0.25) is 0 Å². The van der Waals surface area contributed by atoms with Crippen molar-refractivity contribution < 1.29 is 9.53 Å². The molecule has 0 spiro atoms. The Hall–Kier alpha value is -2.14. The highest BCUT2D eigenvalue weighted by molar-refractivity contribution is 8.00. The molecule has 1 aliphatic heterocycles. The number of ether oxygens (including phenoxy) is 1. The zero-order valence-electron chi connectivity index (χ0n) is 14.0. The third-order valence-electron chi connectivity index (χ3n) is 3.81. The molecule has 24 heavy (non-hydrogen) atoms. The number of nitrogens with zero attached hydrogens (tertiary/aromatic N) is 1. The summed E-state index contributed by atoms with van der Waals surface area (Å²) in [7, 11) is 0. The lowest BCUT2D eigenvalue weighted by molar-refractivity contribution is -0.115. The first-order valence-corrected chi connectivity index (χ1v) is 9.07. The summed E-state index contributed by atoms with van der Waals surface area (Å²) >= 11 is 1.86. The van der Waals surface area contributed by atoms with E-state index in [4.69, 9.17) is 4.74 Å². The van der Waals surface area contributed by atoms with E-state index >= 15 is 0 Å². The van der Waals surface area contributed by atoms with Crippen LogP contribution in [0.1, 0.15) is 13.8 Å². The number of benzene rings is 2. The largest absolute Gasteiger partial charge is 0.492 e. The van der Waals surface area contributed by atoms with Gasteiger partial charge in [0.25, 0.3) is 0 Å². The molecule has 2 aromatic rings. The van der Waals surface area contributed by atoms with Crippen molar-refractivity contribution in [2.45, 2.75) is 24.0 Å². The van der Waals surface area contributed by atoms with Crippen molar-refractivity contribution in [3.05, 3.63) is 48.5 Å². The van der Waals surface area contributed by atoms with Crippen LogP contribution in [-0.4, -0.2) is 30.9 Å². The molecule has 0 fully saturated rings. The van der Waals surface area contributed by atoms with Crippen molar-refractivity contribution >= 4 is 29.0 Å². The molecular formula is C19H22N2O2S. The standard InChI is InChI=1S/C19H22N2O2S/c1-3-23-17-10-6-4-8-15(17)20-19(22)13-21-12-14(2)24-18-11-7-5-9-16(18)21/h4-11,14H,3,12-13H2,1-2H3,(H,20,22)/t14-/m1/s1.